The SMILES string of the molecule is CC1=C(c2nc(-c3cccc(F)c3)no2)C(c2ccc(Cl)cc2)NC(=S)N1CC1CCCO1. The van der Waals surface area contributed by atoms with Crippen LogP contribution >= 0.6 is 23.8 Å². The highest BCUT2D eigenvalue weighted by molar-refractivity contribution is 7.80. The van der Waals surface area contributed by atoms with Crippen molar-refractivity contribution in [2.45, 2.75) is 31.9 Å². The van der Waals surface area contributed by atoms with E-state index in [9.17, 15) is 4.39 Å². The molecule has 5 rings (SSSR count). The number of aromatic nitrogens is 2. The molecule has 2 atom stereocenters. The van der Waals surface area contributed by atoms with Crippen LogP contribution in [-0.2, 0) is 4.74 Å². The fourth-order valence-corrected chi connectivity index (χ4v) is 4.71. The van der Waals surface area contributed by atoms with Crippen LogP contribution in [0.2, 0.25) is 5.02 Å². The lowest BCUT2D eigenvalue weighted by atomic mass is 9.94. The average molecular weight is 485 g/mol. The number of hydrogen-bond acceptors (Lipinski definition) is 5. The summed E-state index contributed by atoms with van der Waals surface area (Å²) in [7, 11) is 0. The van der Waals surface area contributed by atoms with Crippen molar-refractivity contribution < 1.29 is 13.7 Å². The van der Waals surface area contributed by atoms with Gasteiger partial charge in [0.1, 0.15) is 5.82 Å². The molecule has 1 saturated heterocycles. The van der Waals surface area contributed by atoms with E-state index in [1.54, 1.807) is 12.1 Å². The van der Waals surface area contributed by atoms with Gasteiger partial charge in [-0.2, -0.15) is 4.98 Å². The van der Waals surface area contributed by atoms with E-state index >= 15 is 0 Å². The highest BCUT2D eigenvalue weighted by atomic mass is 35.5. The molecule has 2 aromatic carbocycles. The van der Waals surface area contributed by atoms with Crippen LogP contribution in [0.3, 0.4) is 0 Å². The molecule has 0 saturated carbocycles. The Balaban J connectivity index is 1.57. The van der Waals surface area contributed by atoms with Crippen molar-refractivity contribution in [3.63, 3.8) is 0 Å². The van der Waals surface area contributed by atoms with Crippen LogP contribution in [0.1, 0.15) is 37.3 Å². The second-order valence-corrected chi connectivity index (χ2v) is 8.94. The first-order valence-corrected chi connectivity index (χ1v) is 11.5. The van der Waals surface area contributed by atoms with Crippen LogP contribution in [-0.4, -0.2) is 39.4 Å². The molecule has 0 aliphatic carbocycles. The van der Waals surface area contributed by atoms with Crippen LogP contribution in [0.15, 0.2) is 58.8 Å². The predicted octanol–water partition coefficient (Wildman–Crippen LogP) is 5.37. The van der Waals surface area contributed by atoms with E-state index in [1.165, 1.54) is 12.1 Å². The van der Waals surface area contributed by atoms with Crippen molar-refractivity contribution in [2.75, 3.05) is 13.2 Å². The zero-order chi connectivity index (χ0) is 22.9. The van der Waals surface area contributed by atoms with Crippen LogP contribution in [0.25, 0.3) is 17.0 Å². The van der Waals surface area contributed by atoms with Gasteiger partial charge in [0.25, 0.3) is 5.89 Å². The predicted molar refractivity (Wildman–Crippen MR) is 128 cm³/mol. The summed E-state index contributed by atoms with van der Waals surface area (Å²) in [6.07, 6.45) is 2.15. The third kappa shape index (κ3) is 4.51. The summed E-state index contributed by atoms with van der Waals surface area (Å²) < 4.78 is 25.3. The Bertz CT molecular complexity index is 1210. The fraction of sp³-hybridized carbons (Fsp3) is 0.292. The van der Waals surface area contributed by atoms with Crippen molar-refractivity contribution >= 4 is 34.5 Å². The van der Waals surface area contributed by atoms with Crippen LogP contribution in [0.5, 0.6) is 0 Å². The van der Waals surface area contributed by atoms with E-state index in [0.717, 1.165) is 36.3 Å². The molecule has 0 spiro atoms. The summed E-state index contributed by atoms with van der Waals surface area (Å²) in [5, 5.41) is 8.79. The fourth-order valence-electron chi connectivity index (χ4n) is 4.25. The molecule has 2 unspecified atom stereocenters. The van der Waals surface area contributed by atoms with Gasteiger partial charge in [0.05, 0.1) is 24.3 Å². The van der Waals surface area contributed by atoms with Crippen LogP contribution in [0, 0.1) is 5.82 Å². The molecule has 2 aliphatic heterocycles. The van der Waals surface area contributed by atoms with Gasteiger partial charge in [-0.25, -0.2) is 4.39 Å². The molecule has 33 heavy (non-hydrogen) atoms. The zero-order valence-corrected chi connectivity index (χ0v) is 19.5. The summed E-state index contributed by atoms with van der Waals surface area (Å²) in [5.74, 6) is 0.304. The first kappa shape index (κ1) is 22.0. The average Bonchev–Trinajstić information content (AvgIpc) is 3.49. The van der Waals surface area contributed by atoms with Gasteiger partial charge in [-0.3, -0.25) is 0 Å². The minimum absolute atomic E-state index is 0.110. The highest BCUT2D eigenvalue weighted by Gasteiger charge is 2.35. The second kappa shape index (κ2) is 9.21. The van der Waals surface area contributed by atoms with Gasteiger partial charge in [-0.15, -0.1) is 0 Å². The number of thiocarbonyl (C=S) groups is 1. The van der Waals surface area contributed by atoms with E-state index in [1.807, 2.05) is 36.1 Å². The maximum absolute atomic E-state index is 13.7. The number of hydrogen-bond donors (Lipinski definition) is 1. The maximum Gasteiger partial charge on any atom is 0.258 e. The Morgan fingerprint density at radius 2 is 2.06 bits per heavy atom. The molecule has 1 fully saturated rings. The van der Waals surface area contributed by atoms with E-state index in [2.05, 4.69) is 15.5 Å². The molecule has 1 N–H and O–H groups in total. The standard InChI is InChI=1S/C24H22ClFN4O2S/c1-14-20(23-28-22(29-32-23)16-4-2-5-18(26)12-16)21(15-7-9-17(25)10-8-15)27-24(33)30(14)13-19-6-3-11-31-19/h2,4-5,7-10,12,19,21H,3,6,11,13H2,1H3,(H,27,33). The van der Waals surface area contributed by atoms with E-state index in [-0.39, 0.29) is 18.0 Å². The molecule has 3 heterocycles. The van der Waals surface area contributed by atoms with Gasteiger partial charge in [-0.1, -0.05) is 41.0 Å². The van der Waals surface area contributed by atoms with Gasteiger partial charge in [0.15, 0.2) is 5.11 Å². The Labute approximate surface area is 201 Å². The minimum atomic E-state index is -0.360. The van der Waals surface area contributed by atoms with Crippen molar-refractivity contribution in [2.24, 2.45) is 0 Å². The molecule has 1 aromatic heterocycles. The Morgan fingerprint density at radius 1 is 1.24 bits per heavy atom. The molecular formula is C24H22ClFN4O2S. The lowest BCUT2D eigenvalue weighted by molar-refractivity contribution is 0.0962. The highest BCUT2D eigenvalue weighted by Crippen LogP contribution is 2.38. The largest absolute Gasteiger partial charge is 0.376 e. The molecular weight excluding hydrogens is 463 g/mol. The molecule has 0 amide bonds. The first-order chi connectivity index (χ1) is 16.0. The summed E-state index contributed by atoms with van der Waals surface area (Å²) in [6, 6.07) is 13.4. The van der Waals surface area contributed by atoms with Gasteiger partial charge in [0.2, 0.25) is 5.82 Å². The Kier molecular flexibility index (Phi) is 6.14. The number of ether oxygens (including phenoxy) is 1. The maximum atomic E-state index is 13.7. The summed E-state index contributed by atoms with van der Waals surface area (Å²) >= 11 is 11.8. The summed E-state index contributed by atoms with van der Waals surface area (Å²) in [6.45, 7) is 3.40. The van der Waals surface area contributed by atoms with E-state index < -0.39 is 0 Å². The monoisotopic (exact) mass is 484 g/mol. The smallest absolute Gasteiger partial charge is 0.258 e. The van der Waals surface area contributed by atoms with Crippen molar-refractivity contribution in [1.29, 1.82) is 0 Å². The zero-order valence-electron chi connectivity index (χ0n) is 17.9. The molecule has 9 heteroatoms. The number of allylic oxidation sites excluding steroid dienone is 1. The van der Waals surface area contributed by atoms with Crippen molar-refractivity contribution in [3.8, 4) is 11.4 Å². The van der Waals surface area contributed by atoms with Gasteiger partial charge >= 0.3 is 0 Å². The summed E-state index contributed by atoms with van der Waals surface area (Å²) in [5.41, 5.74) is 3.21. The molecule has 0 radical (unpaired) electrons. The van der Waals surface area contributed by atoms with Crippen LogP contribution in [0.4, 0.5) is 4.39 Å². The number of benzene rings is 2. The van der Waals surface area contributed by atoms with Gasteiger partial charge in [0, 0.05) is 22.9 Å². The van der Waals surface area contributed by atoms with Gasteiger partial charge in [-0.05, 0) is 61.8 Å². The Hall–Kier alpha value is -2.81. The third-order valence-electron chi connectivity index (χ3n) is 5.95. The first-order valence-electron chi connectivity index (χ1n) is 10.8. The van der Waals surface area contributed by atoms with Crippen molar-refractivity contribution in [3.05, 3.63) is 76.5 Å². The molecule has 6 nitrogen and oxygen atoms in total. The summed E-state index contributed by atoms with van der Waals surface area (Å²) in [4.78, 5) is 6.64. The number of rotatable bonds is 5. The minimum Gasteiger partial charge on any atom is -0.376 e. The molecule has 0 bridgehead atoms. The van der Waals surface area contributed by atoms with Gasteiger partial charge < -0.3 is 19.5 Å². The lowest BCUT2D eigenvalue weighted by Gasteiger charge is -2.38. The number of nitrogens with zero attached hydrogens (tertiary/aromatic N) is 3. The normalized spacial score (nSPS) is 20.9. The Morgan fingerprint density at radius 3 is 2.79 bits per heavy atom. The quantitative estimate of drug-likeness (QED) is 0.488. The topological polar surface area (TPSA) is 63.4 Å². The number of nitrogens with one attached hydrogen (secondary N) is 1. The van der Waals surface area contributed by atoms with Crippen LogP contribution < -0.4 is 5.32 Å². The van der Waals surface area contributed by atoms with E-state index in [4.69, 9.17) is 33.1 Å². The third-order valence-corrected chi connectivity index (χ3v) is 6.54. The second-order valence-electron chi connectivity index (χ2n) is 8.11. The van der Waals surface area contributed by atoms with Crippen molar-refractivity contribution in [1.82, 2.24) is 20.4 Å². The number of halogens is 2. The lowest BCUT2D eigenvalue weighted by Crippen LogP contribution is -2.48. The molecule has 3 aromatic rings. The van der Waals surface area contributed by atoms with E-state index in [0.29, 0.717) is 34.0 Å². The molecule has 2 aliphatic rings. The molecule has 170 valence electrons.